The van der Waals surface area contributed by atoms with Crippen molar-refractivity contribution in [2.24, 2.45) is 0 Å². The molecule has 0 unspecified atom stereocenters. The van der Waals surface area contributed by atoms with Crippen LogP contribution in [0.25, 0.3) is 0 Å². The number of rotatable bonds is 4. The number of unbranched alkanes of at least 4 members (excludes halogenated alkanes) is 1. The topological polar surface area (TPSA) is 0 Å². The molecule has 0 heterocycles. The lowest BCUT2D eigenvalue weighted by atomic mass is 9.99. The Bertz CT molecular complexity index is 324. The van der Waals surface area contributed by atoms with Gasteiger partial charge in [-0.2, -0.15) is 0 Å². The van der Waals surface area contributed by atoms with Crippen LogP contribution in [0.4, 0.5) is 0 Å². The summed E-state index contributed by atoms with van der Waals surface area (Å²) < 4.78 is 0. The molecule has 0 saturated heterocycles. The van der Waals surface area contributed by atoms with Gasteiger partial charge in [-0.1, -0.05) is 43.7 Å². The van der Waals surface area contributed by atoms with E-state index in [1.807, 2.05) is 0 Å². The second kappa shape index (κ2) is 4.45. The zero-order valence-corrected chi connectivity index (χ0v) is 8.92. The van der Waals surface area contributed by atoms with Gasteiger partial charge in [-0.15, -0.1) is 0 Å². The van der Waals surface area contributed by atoms with Crippen molar-refractivity contribution < 1.29 is 0 Å². The minimum atomic E-state index is 1.12. The summed E-state index contributed by atoms with van der Waals surface area (Å²) in [6.07, 6.45) is 17.6. The zero-order chi connectivity index (χ0) is 9.80. The number of allylic oxidation sites excluding steroid dienone is 8. The van der Waals surface area contributed by atoms with Crippen molar-refractivity contribution >= 4 is 0 Å². The summed E-state index contributed by atoms with van der Waals surface area (Å²) in [4.78, 5) is 0. The summed E-state index contributed by atoms with van der Waals surface area (Å²) in [6, 6.07) is 0. The van der Waals surface area contributed by atoms with Gasteiger partial charge in [-0.25, -0.2) is 0 Å². The highest BCUT2D eigenvalue weighted by molar-refractivity contribution is 5.52. The maximum atomic E-state index is 2.34. The van der Waals surface area contributed by atoms with Crippen molar-refractivity contribution in [1.29, 1.82) is 0 Å². The third-order valence-corrected chi connectivity index (χ3v) is 2.95. The van der Waals surface area contributed by atoms with Gasteiger partial charge in [-0.05, 0) is 42.4 Å². The molecule has 2 aliphatic carbocycles. The van der Waals surface area contributed by atoms with Crippen LogP contribution in [0.2, 0.25) is 0 Å². The van der Waals surface area contributed by atoms with Gasteiger partial charge in [0.2, 0.25) is 0 Å². The van der Waals surface area contributed by atoms with Crippen LogP contribution < -0.4 is 0 Å². The molecule has 0 saturated carbocycles. The Morgan fingerprint density at radius 1 is 1.21 bits per heavy atom. The van der Waals surface area contributed by atoms with Crippen LogP contribution in [0.15, 0.2) is 47.1 Å². The fraction of sp³-hybridized carbons (Fsp3) is 0.429. The number of hydrogen-bond acceptors (Lipinski definition) is 0. The zero-order valence-electron chi connectivity index (χ0n) is 8.92. The fourth-order valence-electron chi connectivity index (χ4n) is 2.14. The first-order valence-electron chi connectivity index (χ1n) is 5.67. The highest BCUT2D eigenvalue weighted by Gasteiger charge is 2.12. The van der Waals surface area contributed by atoms with E-state index in [4.69, 9.17) is 0 Å². The largest absolute Gasteiger partial charge is 0.0801 e. The Hall–Kier alpha value is -1.04. The molecule has 0 aromatic rings. The van der Waals surface area contributed by atoms with Crippen LogP contribution in [0.1, 0.15) is 39.0 Å². The van der Waals surface area contributed by atoms with Crippen LogP contribution in [0.5, 0.6) is 0 Å². The van der Waals surface area contributed by atoms with Crippen molar-refractivity contribution in [3.8, 4) is 0 Å². The monoisotopic (exact) mass is 186 g/mol. The van der Waals surface area contributed by atoms with E-state index >= 15 is 0 Å². The maximum Gasteiger partial charge on any atom is -0.00857 e. The van der Waals surface area contributed by atoms with Gasteiger partial charge in [0.15, 0.2) is 0 Å². The van der Waals surface area contributed by atoms with Crippen molar-refractivity contribution in [1.82, 2.24) is 0 Å². The van der Waals surface area contributed by atoms with E-state index in [0.717, 1.165) is 12.8 Å². The molecule has 0 aromatic carbocycles. The summed E-state index contributed by atoms with van der Waals surface area (Å²) in [5.74, 6) is 0. The Morgan fingerprint density at radius 2 is 2.14 bits per heavy atom. The van der Waals surface area contributed by atoms with E-state index in [2.05, 4.69) is 37.3 Å². The van der Waals surface area contributed by atoms with Gasteiger partial charge < -0.3 is 0 Å². The van der Waals surface area contributed by atoms with Gasteiger partial charge in [0.1, 0.15) is 0 Å². The molecule has 0 radical (unpaired) electrons. The van der Waals surface area contributed by atoms with Crippen molar-refractivity contribution in [2.45, 2.75) is 39.0 Å². The molecule has 0 aromatic heterocycles. The molecule has 0 fully saturated rings. The van der Waals surface area contributed by atoms with Gasteiger partial charge in [0.05, 0.1) is 0 Å². The molecule has 0 spiro atoms. The molecule has 0 amide bonds. The third kappa shape index (κ3) is 1.89. The SMILES string of the molecule is CCCCC1=C(C2=CCC=C2)CC=C1. The minimum Gasteiger partial charge on any atom is -0.0801 e. The first-order chi connectivity index (χ1) is 6.92. The van der Waals surface area contributed by atoms with Gasteiger partial charge >= 0.3 is 0 Å². The Kier molecular flexibility index (Phi) is 3.03. The predicted molar refractivity (Wildman–Crippen MR) is 62.1 cm³/mol. The second-order valence-corrected chi connectivity index (χ2v) is 4.01. The van der Waals surface area contributed by atoms with Crippen LogP contribution in [0.3, 0.4) is 0 Å². The van der Waals surface area contributed by atoms with Gasteiger partial charge in [-0.3, -0.25) is 0 Å². The molecular formula is C14H18. The Morgan fingerprint density at radius 3 is 2.86 bits per heavy atom. The molecule has 2 rings (SSSR count). The molecule has 0 bridgehead atoms. The molecule has 14 heavy (non-hydrogen) atoms. The first kappa shape index (κ1) is 9.51. The molecule has 0 atom stereocenters. The van der Waals surface area contributed by atoms with Crippen LogP contribution >= 0.6 is 0 Å². The van der Waals surface area contributed by atoms with E-state index in [1.165, 1.54) is 24.8 Å². The summed E-state index contributed by atoms with van der Waals surface area (Å²) in [5.41, 5.74) is 4.62. The van der Waals surface area contributed by atoms with Gasteiger partial charge in [0, 0.05) is 0 Å². The summed E-state index contributed by atoms with van der Waals surface area (Å²) in [7, 11) is 0. The molecule has 0 heteroatoms. The first-order valence-corrected chi connectivity index (χ1v) is 5.67. The molecule has 0 N–H and O–H groups in total. The standard InChI is InChI=1S/C14H18/c1-2-3-7-12-10-6-11-14(12)13-8-4-5-9-13/h4,6,8-10H,2-3,5,7,11H2,1H3. The molecule has 2 aliphatic rings. The van der Waals surface area contributed by atoms with E-state index < -0.39 is 0 Å². The average molecular weight is 186 g/mol. The summed E-state index contributed by atoms with van der Waals surface area (Å²) in [6.45, 7) is 2.26. The molecule has 0 nitrogen and oxygen atoms in total. The Balaban J connectivity index is 2.12. The minimum absolute atomic E-state index is 1.12. The van der Waals surface area contributed by atoms with Crippen molar-refractivity contribution in [2.75, 3.05) is 0 Å². The highest BCUT2D eigenvalue weighted by atomic mass is 14.2. The van der Waals surface area contributed by atoms with Gasteiger partial charge in [0.25, 0.3) is 0 Å². The van der Waals surface area contributed by atoms with E-state index in [1.54, 1.807) is 11.1 Å². The average Bonchev–Trinajstić information content (AvgIpc) is 2.84. The van der Waals surface area contributed by atoms with Crippen molar-refractivity contribution in [3.05, 3.63) is 47.1 Å². The lowest BCUT2D eigenvalue weighted by Gasteiger charge is -2.06. The molecule has 74 valence electrons. The third-order valence-electron chi connectivity index (χ3n) is 2.95. The maximum absolute atomic E-state index is 2.34. The Labute approximate surface area is 86.7 Å². The summed E-state index contributed by atoms with van der Waals surface area (Å²) >= 11 is 0. The normalized spacial score (nSPS) is 19.6. The predicted octanol–water partition coefficient (Wildman–Crippen LogP) is 4.32. The smallest absolute Gasteiger partial charge is 0.00857 e. The molecule has 0 aliphatic heterocycles. The van der Waals surface area contributed by atoms with E-state index in [-0.39, 0.29) is 0 Å². The van der Waals surface area contributed by atoms with Crippen LogP contribution in [-0.4, -0.2) is 0 Å². The quantitative estimate of drug-likeness (QED) is 0.613. The lowest BCUT2D eigenvalue weighted by Crippen LogP contribution is -1.87. The highest BCUT2D eigenvalue weighted by Crippen LogP contribution is 2.31. The van der Waals surface area contributed by atoms with E-state index in [0.29, 0.717) is 0 Å². The molecular weight excluding hydrogens is 168 g/mol. The summed E-state index contributed by atoms with van der Waals surface area (Å²) in [5, 5.41) is 0. The second-order valence-electron chi connectivity index (χ2n) is 4.01. The van der Waals surface area contributed by atoms with Crippen LogP contribution in [-0.2, 0) is 0 Å². The van der Waals surface area contributed by atoms with E-state index in [9.17, 15) is 0 Å². The lowest BCUT2D eigenvalue weighted by molar-refractivity contribution is 0.795. The number of hydrogen-bond donors (Lipinski definition) is 0. The van der Waals surface area contributed by atoms with Crippen molar-refractivity contribution in [3.63, 3.8) is 0 Å². The fourth-order valence-corrected chi connectivity index (χ4v) is 2.14. The van der Waals surface area contributed by atoms with Crippen LogP contribution in [0, 0.1) is 0 Å².